The number of hydrogen-bond donors (Lipinski definition) is 0. The highest BCUT2D eigenvalue weighted by Gasteiger charge is 2.74. The molecule has 1 aromatic heterocycles. The topological polar surface area (TPSA) is 75.9 Å². The number of nitrogens with zero attached hydrogens (tertiary/aromatic N) is 3. The second-order valence-corrected chi connectivity index (χ2v) is 11.3. The molecule has 0 amide bonds. The summed E-state index contributed by atoms with van der Waals surface area (Å²) in [6.45, 7) is 10.7. The summed E-state index contributed by atoms with van der Waals surface area (Å²) in [5.74, 6) is 0.249. The molecule has 0 N–H and O–H groups in total. The van der Waals surface area contributed by atoms with Gasteiger partial charge < -0.3 is 4.74 Å². The molecule has 0 saturated heterocycles. The largest absolute Gasteiger partial charge is 0.426 e. The first kappa shape index (κ1) is 23.4. The van der Waals surface area contributed by atoms with E-state index in [1.165, 1.54) is 5.56 Å². The fourth-order valence-corrected chi connectivity index (χ4v) is 6.46. The minimum Gasteiger partial charge on any atom is -0.426 e. The lowest BCUT2D eigenvalue weighted by Gasteiger charge is -2.38. The van der Waals surface area contributed by atoms with Gasteiger partial charge in [-0.15, -0.1) is 0 Å². The Bertz CT molecular complexity index is 1630. The number of aryl methyl sites for hydroxylation is 2. The fourth-order valence-electron chi connectivity index (χ4n) is 6.46. The van der Waals surface area contributed by atoms with Crippen LogP contribution in [0.15, 0.2) is 60.7 Å². The van der Waals surface area contributed by atoms with Crippen molar-refractivity contribution >= 4 is 17.0 Å². The van der Waals surface area contributed by atoms with E-state index in [1.807, 2.05) is 36.4 Å². The minimum atomic E-state index is -0.858. The zero-order valence-electron chi connectivity index (χ0n) is 21.8. The van der Waals surface area contributed by atoms with Crippen LogP contribution in [0, 0.1) is 30.6 Å². The molecule has 2 aliphatic carbocycles. The predicted molar refractivity (Wildman–Crippen MR) is 143 cm³/mol. The molecule has 3 aromatic carbocycles. The summed E-state index contributed by atoms with van der Waals surface area (Å²) < 4.78 is 6.09. The van der Waals surface area contributed by atoms with Gasteiger partial charge in [0.1, 0.15) is 11.2 Å². The molecule has 4 aromatic rings. The third-order valence-corrected chi connectivity index (χ3v) is 9.41. The van der Waals surface area contributed by atoms with Gasteiger partial charge in [0.05, 0.1) is 34.1 Å². The van der Waals surface area contributed by atoms with E-state index in [9.17, 15) is 4.79 Å². The summed E-state index contributed by atoms with van der Waals surface area (Å²) in [5, 5.41) is 9.04. The second-order valence-electron chi connectivity index (χ2n) is 11.3. The summed E-state index contributed by atoms with van der Waals surface area (Å²) in [4.78, 5) is 24.3. The Morgan fingerprint density at radius 3 is 1.95 bits per heavy atom. The molecule has 37 heavy (non-hydrogen) atoms. The number of aromatic nitrogens is 2. The second kappa shape index (κ2) is 7.73. The Hall–Kier alpha value is -4.04. The molecule has 1 heterocycles. The lowest BCUT2D eigenvalue weighted by molar-refractivity contribution is -0.145. The average Bonchev–Trinajstić information content (AvgIpc) is 3.18. The zero-order valence-corrected chi connectivity index (χ0v) is 21.8. The van der Waals surface area contributed by atoms with Crippen LogP contribution in [0.4, 0.5) is 0 Å². The summed E-state index contributed by atoms with van der Waals surface area (Å²) in [6.07, 6.45) is 1.56. The van der Waals surface area contributed by atoms with Gasteiger partial charge in [0.15, 0.2) is 0 Å². The molecule has 5 nitrogen and oxygen atoms in total. The van der Waals surface area contributed by atoms with Gasteiger partial charge in [-0.05, 0) is 90.8 Å². The van der Waals surface area contributed by atoms with E-state index in [0.717, 1.165) is 45.5 Å². The van der Waals surface area contributed by atoms with Crippen LogP contribution in [0.5, 0.6) is 5.75 Å². The van der Waals surface area contributed by atoms with Crippen molar-refractivity contribution in [2.45, 2.75) is 58.3 Å². The zero-order chi connectivity index (χ0) is 26.2. The molecule has 0 spiro atoms. The molecule has 2 aliphatic rings. The first-order valence-corrected chi connectivity index (χ1v) is 12.7. The number of rotatable bonds is 3. The van der Waals surface area contributed by atoms with Gasteiger partial charge in [-0.3, -0.25) is 4.79 Å². The summed E-state index contributed by atoms with van der Waals surface area (Å²) in [6, 6.07) is 21.3. The number of esters is 1. The van der Waals surface area contributed by atoms with Gasteiger partial charge in [0, 0.05) is 5.41 Å². The molecule has 2 unspecified atom stereocenters. The Morgan fingerprint density at radius 1 is 0.838 bits per heavy atom. The van der Waals surface area contributed by atoms with Crippen LogP contribution in [-0.4, -0.2) is 15.9 Å². The van der Waals surface area contributed by atoms with Crippen molar-refractivity contribution in [3.8, 4) is 22.9 Å². The lowest BCUT2D eigenvalue weighted by atomic mass is 9.64. The van der Waals surface area contributed by atoms with Crippen molar-refractivity contribution in [3.05, 3.63) is 88.7 Å². The first-order valence-electron chi connectivity index (χ1n) is 12.7. The van der Waals surface area contributed by atoms with E-state index in [-0.39, 0.29) is 11.4 Å². The van der Waals surface area contributed by atoms with E-state index in [0.29, 0.717) is 17.7 Å². The van der Waals surface area contributed by atoms with Crippen LogP contribution in [0.1, 0.15) is 61.7 Å². The molecule has 184 valence electrons. The summed E-state index contributed by atoms with van der Waals surface area (Å²) in [5.41, 5.74) is 6.87. The van der Waals surface area contributed by atoms with Crippen molar-refractivity contribution in [1.82, 2.24) is 9.97 Å². The maximum absolute atomic E-state index is 14.1. The van der Waals surface area contributed by atoms with Crippen LogP contribution in [0.25, 0.3) is 22.2 Å². The number of hydrogen-bond acceptors (Lipinski definition) is 5. The SMILES string of the molecule is Cc1cc2nc3c(nc2cc1C)C1(C(=O)Oc2ccc(-c4ccc(C#N)cc4)cc2)CCC3(C)C1(C)C. The summed E-state index contributed by atoms with van der Waals surface area (Å²) >= 11 is 0. The molecule has 1 fully saturated rings. The maximum atomic E-state index is 14.1. The Morgan fingerprint density at radius 2 is 1.38 bits per heavy atom. The van der Waals surface area contributed by atoms with Gasteiger partial charge in [-0.2, -0.15) is 5.26 Å². The van der Waals surface area contributed by atoms with Gasteiger partial charge in [0.25, 0.3) is 0 Å². The normalized spacial score (nSPS) is 23.0. The minimum absolute atomic E-state index is 0.261. The fraction of sp³-hybridized carbons (Fsp3) is 0.312. The maximum Gasteiger partial charge on any atom is 0.324 e. The van der Waals surface area contributed by atoms with Gasteiger partial charge in [0.2, 0.25) is 0 Å². The average molecular weight is 488 g/mol. The van der Waals surface area contributed by atoms with E-state index in [2.05, 4.69) is 52.8 Å². The summed E-state index contributed by atoms with van der Waals surface area (Å²) in [7, 11) is 0. The van der Waals surface area contributed by atoms with E-state index in [1.54, 1.807) is 12.1 Å². The highest BCUT2D eigenvalue weighted by molar-refractivity contribution is 5.90. The Kier molecular flexibility index (Phi) is 4.88. The molecule has 2 bridgehead atoms. The van der Waals surface area contributed by atoms with E-state index >= 15 is 0 Å². The van der Waals surface area contributed by atoms with Crippen LogP contribution >= 0.6 is 0 Å². The van der Waals surface area contributed by atoms with Crippen LogP contribution in [0.2, 0.25) is 0 Å². The number of carbonyl (C=O) groups excluding carboxylic acids is 1. The van der Waals surface area contributed by atoms with Crippen molar-refractivity contribution in [1.29, 1.82) is 5.26 Å². The Labute approximate surface area is 217 Å². The monoisotopic (exact) mass is 487 g/mol. The number of ether oxygens (including phenoxy) is 1. The molecular formula is C32H29N3O2. The van der Waals surface area contributed by atoms with Gasteiger partial charge in [-0.1, -0.05) is 45.0 Å². The Balaban J connectivity index is 1.38. The predicted octanol–water partition coefficient (Wildman–Crippen LogP) is 6.72. The molecule has 2 atom stereocenters. The van der Waals surface area contributed by atoms with Crippen LogP contribution in [0.3, 0.4) is 0 Å². The highest BCUT2D eigenvalue weighted by atomic mass is 16.5. The molecule has 0 radical (unpaired) electrons. The smallest absolute Gasteiger partial charge is 0.324 e. The van der Waals surface area contributed by atoms with Crippen molar-refractivity contribution in [2.75, 3.05) is 0 Å². The lowest BCUT2D eigenvalue weighted by Crippen LogP contribution is -2.48. The molecule has 0 aliphatic heterocycles. The number of carbonyl (C=O) groups is 1. The number of nitriles is 1. The van der Waals surface area contributed by atoms with Crippen LogP contribution < -0.4 is 4.74 Å². The standard InChI is InChI=1S/C32H29N3O2/c1-19-16-25-26(17-20(19)2)35-28-27(34-25)31(5)14-15-32(28,30(31,3)4)29(36)37-24-12-10-23(11-13-24)22-8-6-21(18-33)7-9-22/h6-13,16-17H,14-15H2,1-5H3. The molecular weight excluding hydrogens is 458 g/mol. The van der Waals surface area contributed by atoms with E-state index in [4.69, 9.17) is 20.0 Å². The molecule has 5 heteroatoms. The van der Waals surface area contributed by atoms with Crippen molar-refractivity contribution in [3.63, 3.8) is 0 Å². The number of benzene rings is 3. The third-order valence-electron chi connectivity index (χ3n) is 9.41. The van der Waals surface area contributed by atoms with Crippen molar-refractivity contribution in [2.24, 2.45) is 5.41 Å². The van der Waals surface area contributed by atoms with E-state index < -0.39 is 10.8 Å². The van der Waals surface area contributed by atoms with Gasteiger partial charge in [-0.25, -0.2) is 9.97 Å². The molecule has 6 rings (SSSR count). The van der Waals surface area contributed by atoms with Crippen molar-refractivity contribution < 1.29 is 9.53 Å². The molecule has 1 saturated carbocycles. The van der Waals surface area contributed by atoms with Gasteiger partial charge >= 0.3 is 5.97 Å². The third kappa shape index (κ3) is 3.05. The van der Waals surface area contributed by atoms with Crippen LogP contribution in [-0.2, 0) is 15.6 Å². The quantitative estimate of drug-likeness (QED) is 0.237. The number of fused-ring (bicyclic) bond motifs is 6. The first-order chi connectivity index (χ1) is 17.6. The highest BCUT2D eigenvalue weighted by Crippen LogP contribution is 2.70.